The van der Waals surface area contributed by atoms with E-state index in [4.69, 9.17) is 4.74 Å². The Morgan fingerprint density at radius 1 is 1.43 bits per heavy atom. The van der Waals surface area contributed by atoms with E-state index in [1.54, 1.807) is 18.3 Å². The van der Waals surface area contributed by atoms with Crippen LogP contribution in [0, 0.1) is 6.92 Å². The number of fused-ring (bicyclic) bond motifs is 1. The fraction of sp³-hybridized carbons (Fsp3) is 0.375. The van der Waals surface area contributed by atoms with Gasteiger partial charge in [-0.3, -0.25) is 10.1 Å². The van der Waals surface area contributed by atoms with Crippen LogP contribution in [-0.2, 0) is 17.6 Å². The Labute approximate surface area is 128 Å². The predicted octanol–water partition coefficient (Wildman–Crippen LogP) is 3.35. The Morgan fingerprint density at radius 2 is 2.29 bits per heavy atom. The Balaban J connectivity index is 1.61. The molecule has 0 saturated heterocycles. The average Bonchev–Trinajstić information content (AvgIpc) is 2.99. The number of rotatable bonds is 4. The van der Waals surface area contributed by atoms with Crippen molar-refractivity contribution in [2.45, 2.75) is 39.2 Å². The summed E-state index contributed by atoms with van der Waals surface area (Å²) in [5.41, 5.74) is 2.25. The minimum Gasteiger partial charge on any atom is -0.481 e. The molecule has 0 unspecified atom stereocenters. The highest BCUT2D eigenvalue weighted by Gasteiger charge is 2.20. The predicted molar refractivity (Wildman–Crippen MR) is 84.0 cm³/mol. The lowest BCUT2D eigenvalue weighted by Crippen LogP contribution is -2.30. The number of nitrogens with zero attached hydrogens (tertiary/aromatic N) is 1. The van der Waals surface area contributed by atoms with Crippen molar-refractivity contribution < 1.29 is 9.53 Å². The van der Waals surface area contributed by atoms with E-state index in [9.17, 15) is 4.79 Å². The monoisotopic (exact) mass is 302 g/mol. The first kappa shape index (κ1) is 14.1. The van der Waals surface area contributed by atoms with E-state index < -0.39 is 6.10 Å². The lowest BCUT2D eigenvalue weighted by molar-refractivity contribution is -0.122. The highest BCUT2D eigenvalue weighted by Crippen LogP contribution is 2.30. The number of hydrogen-bond acceptors (Lipinski definition) is 4. The summed E-state index contributed by atoms with van der Waals surface area (Å²) in [7, 11) is 0. The van der Waals surface area contributed by atoms with Crippen molar-refractivity contribution in [3.05, 3.63) is 40.4 Å². The van der Waals surface area contributed by atoms with Crippen LogP contribution < -0.4 is 10.1 Å². The first-order chi connectivity index (χ1) is 10.1. The number of hydrogen-bond donors (Lipinski definition) is 1. The molecular weight excluding hydrogens is 284 g/mol. The zero-order chi connectivity index (χ0) is 14.8. The largest absolute Gasteiger partial charge is 0.481 e. The lowest BCUT2D eigenvalue weighted by atomic mass is 10.2. The molecule has 0 saturated carbocycles. The molecule has 5 heteroatoms. The lowest BCUT2D eigenvalue weighted by Gasteiger charge is -2.14. The Bertz CT molecular complexity index is 645. The summed E-state index contributed by atoms with van der Waals surface area (Å²) < 4.78 is 5.67. The van der Waals surface area contributed by atoms with Gasteiger partial charge in [0.25, 0.3) is 5.91 Å². The molecule has 1 aliphatic rings. The standard InChI is InChI=1S/C16H18N2O2S/c1-10-5-3-6-12(9-10)20-11(2)15(19)18-16-17-13-7-4-8-14(13)21-16/h3,5-6,9,11H,4,7-8H2,1-2H3,(H,17,18,19)/t11-/m1/s1. The van der Waals surface area contributed by atoms with E-state index in [1.807, 2.05) is 31.2 Å². The number of amides is 1. The van der Waals surface area contributed by atoms with Gasteiger partial charge in [-0.25, -0.2) is 4.98 Å². The van der Waals surface area contributed by atoms with Crippen molar-refractivity contribution in [3.8, 4) is 5.75 Å². The van der Waals surface area contributed by atoms with E-state index in [-0.39, 0.29) is 5.91 Å². The van der Waals surface area contributed by atoms with Gasteiger partial charge in [-0.05, 0) is 50.8 Å². The first-order valence-corrected chi connectivity index (χ1v) is 7.96. The molecule has 1 atom stereocenters. The van der Waals surface area contributed by atoms with Crippen LogP contribution in [0.2, 0.25) is 0 Å². The number of anilines is 1. The van der Waals surface area contributed by atoms with E-state index >= 15 is 0 Å². The van der Waals surface area contributed by atoms with Crippen molar-refractivity contribution in [2.24, 2.45) is 0 Å². The van der Waals surface area contributed by atoms with Crippen LogP contribution in [0.4, 0.5) is 5.13 Å². The van der Waals surface area contributed by atoms with Crippen LogP contribution in [0.25, 0.3) is 0 Å². The third kappa shape index (κ3) is 3.24. The maximum Gasteiger partial charge on any atom is 0.266 e. The van der Waals surface area contributed by atoms with Crippen LogP contribution in [0.3, 0.4) is 0 Å². The van der Waals surface area contributed by atoms with Crippen molar-refractivity contribution in [2.75, 3.05) is 5.32 Å². The van der Waals surface area contributed by atoms with Crippen LogP contribution in [0.1, 0.15) is 29.5 Å². The molecule has 21 heavy (non-hydrogen) atoms. The molecule has 0 fully saturated rings. The number of thiazole rings is 1. The third-order valence-electron chi connectivity index (χ3n) is 3.50. The van der Waals surface area contributed by atoms with Gasteiger partial charge in [-0.15, -0.1) is 11.3 Å². The van der Waals surface area contributed by atoms with E-state index in [0.717, 1.165) is 24.1 Å². The Hall–Kier alpha value is -1.88. The summed E-state index contributed by atoms with van der Waals surface area (Å²) in [6, 6.07) is 7.69. The van der Waals surface area contributed by atoms with E-state index in [1.165, 1.54) is 11.3 Å². The zero-order valence-corrected chi connectivity index (χ0v) is 13.0. The van der Waals surface area contributed by atoms with Crippen molar-refractivity contribution in [1.29, 1.82) is 0 Å². The highest BCUT2D eigenvalue weighted by atomic mass is 32.1. The Kier molecular flexibility index (Phi) is 3.92. The highest BCUT2D eigenvalue weighted by molar-refractivity contribution is 7.15. The summed E-state index contributed by atoms with van der Waals surface area (Å²) in [4.78, 5) is 17.9. The molecule has 0 radical (unpaired) electrons. The molecule has 1 N–H and O–H groups in total. The molecular formula is C16H18N2O2S. The zero-order valence-electron chi connectivity index (χ0n) is 12.2. The number of aryl methyl sites for hydroxylation is 3. The first-order valence-electron chi connectivity index (χ1n) is 7.14. The molecule has 0 spiro atoms. The van der Waals surface area contributed by atoms with Gasteiger partial charge in [0.2, 0.25) is 0 Å². The SMILES string of the molecule is Cc1cccc(O[C@H](C)C(=O)Nc2nc3c(s2)CCC3)c1. The molecule has 1 amide bonds. The van der Waals surface area contributed by atoms with Crippen LogP contribution in [0.5, 0.6) is 5.75 Å². The van der Waals surface area contributed by atoms with Gasteiger partial charge in [0.15, 0.2) is 11.2 Å². The number of carbonyl (C=O) groups excluding carboxylic acids is 1. The van der Waals surface area contributed by atoms with Crippen molar-refractivity contribution >= 4 is 22.4 Å². The molecule has 0 bridgehead atoms. The maximum atomic E-state index is 12.2. The average molecular weight is 302 g/mol. The molecule has 0 aliphatic heterocycles. The minimum absolute atomic E-state index is 0.163. The number of benzene rings is 1. The van der Waals surface area contributed by atoms with Gasteiger partial charge < -0.3 is 4.74 Å². The second kappa shape index (κ2) is 5.85. The molecule has 2 aromatic rings. The fourth-order valence-electron chi connectivity index (χ4n) is 2.40. The van der Waals surface area contributed by atoms with Gasteiger partial charge in [-0.1, -0.05) is 12.1 Å². The van der Waals surface area contributed by atoms with Gasteiger partial charge in [0.1, 0.15) is 5.75 Å². The third-order valence-corrected chi connectivity index (χ3v) is 4.57. The molecule has 1 heterocycles. The number of nitrogens with one attached hydrogen (secondary N) is 1. The summed E-state index contributed by atoms with van der Waals surface area (Å²) in [6.45, 7) is 3.74. The van der Waals surface area contributed by atoms with E-state index in [0.29, 0.717) is 10.9 Å². The smallest absolute Gasteiger partial charge is 0.266 e. The summed E-state index contributed by atoms with van der Waals surface area (Å²) >= 11 is 1.58. The maximum absolute atomic E-state index is 12.2. The normalized spacial score (nSPS) is 14.6. The van der Waals surface area contributed by atoms with Crippen molar-refractivity contribution in [3.63, 3.8) is 0 Å². The van der Waals surface area contributed by atoms with Crippen LogP contribution >= 0.6 is 11.3 Å². The molecule has 4 nitrogen and oxygen atoms in total. The molecule has 1 aliphatic carbocycles. The van der Waals surface area contributed by atoms with Gasteiger partial charge in [0.05, 0.1) is 5.69 Å². The van der Waals surface area contributed by atoms with E-state index in [2.05, 4.69) is 10.3 Å². The number of aromatic nitrogens is 1. The quantitative estimate of drug-likeness (QED) is 0.942. The summed E-state index contributed by atoms with van der Waals surface area (Å²) in [5, 5.41) is 3.53. The van der Waals surface area contributed by atoms with Crippen LogP contribution in [0.15, 0.2) is 24.3 Å². The number of ether oxygens (including phenoxy) is 1. The topological polar surface area (TPSA) is 51.2 Å². The Morgan fingerprint density at radius 3 is 3.05 bits per heavy atom. The fourth-order valence-corrected chi connectivity index (χ4v) is 3.45. The second-order valence-corrected chi connectivity index (χ2v) is 6.39. The molecule has 1 aromatic carbocycles. The van der Waals surface area contributed by atoms with Gasteiger partial charge >= 0.3 is 0 Å². The van der Waals surface area contributed by atoms with Gasteiger partial charge in [-0.2, -0.15) is 0 Å². The molecule has 1 aromatic heterocycles. The number of carbonyl (C=O) groups is 1. The molecule has 3 rings (SSSR count). The van der Waals surface area contributed by atoms with Gasteiger partial charge in [0, 0.05) is 4.88 Å². The van der Waals surface area contributed by atoms with Crippen LogP contribution in [-0.4, -0.2) is 17.0 Å². The van der Waals surface area contributed by atoms with Crippen molar-refractivity contribution in [1.82, 2.24) is 4.98 Å². The minimum atomic E-state index is -0.550. The summed E-state index contributed by atoms with van der Waals surface area (Å²) in [6.07, 6.45) is 2.73. The molecule has 110 valence electrons. The summed E-state index contributed by atoms with van der Waals surface area (Å²) in [5.74, 6) is 0.545. The second-order valence-electron chi connectivity index (χ2n) is 5.31.